The molecule has 0 saturated heterocycles. The second-order valence-corrected chi connectivity index (χ2v) is 3.97. The summed E-state index contributed by atoms with van der Waals surface area (Å²) in [5.41, 5.74) is 5.74. The van der Waals surface area contributed by atoms with Gasteiger partial charge in [0.05, 0.1) is 0 Å². The first kappa shape index (κ1) is 13.2. The summed E-state index contributed by atoms with van der Waals surface area (Å²) in [7, 11) is 0. The third kappa shape index (κ3) is 3.55. The van der Waals surface area contributed by atoms with Crippen LogP contribution in [0.4, 0.5) is 0 Å². The van der Waals surface area contributed by atoms with Gasteiger partial charge in [-0.2, -0.15) is 0 Å². The van der Waals surface area contributed by atoms with Crippen molar-refractivity contribution in [2.45, 2.75) is 26.3 Å². The summed E-state index contributed by atoms with van der Waals surface area (Å²) in [6.07, 6.45) is 3.82. The molecule has 3 N–H and O–H groups in total. The second kappa shape index (κ2) is 5.98. The molecule has 0 radical (unpaired) electrons. The quantitative estimate of drug-likeness (QED) is 0.788. The Kier molecular flexibility index (Phi) is 4.63. The lowest BCUT2D eigenvalue weighted by Gasteiger charge is -2.21. The van der Waals surface area contributed by atoms with Crippen LogP contribution in [0, 0.1) is 5.92 Å². The van der Waals surface area contributed by atoms with Gasteiger partial charge in [-0.15, -0.1) is 0 Å². The number of carbonyl (C=O) groups is 2. The first-order valence-electron chi connectivity index (χ1n) is 5.56. The highest BCUT2D eigenvalue weighted by molar-refractivity contribution is 5.97. The van der Waals surface area contributed by atoms with Crippen LogP contribution in [0.2, 0.25) is 0 Å². The van der Waals surface area contributed by atoms with Gasteiger partial charge in [0.2, 0.25) is 5.91 Å². The molecule has 0 spiro atoms. The zero-order valence-electron chi connectivity index (χ0n) is 10.0. The number of hydrogen-bond donors (Lipinski definition) is 2. The van der Waals surface area contributed by atoms with Crippen molar-refractivity contribution in [3.63, 3.8) is 0 Å². The Bertz CT molecular complexity index is 392. The molecule has 0 aliphatic carbocycles. The topological polar surface area (TPSA) is 85.1 Å². The molecule has 5 heteroatoms. The molecule has 1 unspecified atom stereocenters. The minimum absolute atomic E-state index is 0.0123. The monoisotopic (exact) mass is 235 g/mol. The van der Waals surface area contributed by atoms with Gasteiger partial charge in [0.25, 0.3) is 5.91 Å². The molecule has 1 heterocycles. The van der Waals surface area contributed by atoms with Crippen LogP contribution >= 0.6 is 0 Å². The normalized spacial score (nSPS) is 13.8. The van der Waals surface area contributed by atoms with E-state index in [2.05, 4.69) is 10.3 Å². The number of nitrogens with two attached hydrogens (primary N) is 1. The molecule has 0 aliphatic heterocycles. The van der Waals surface area contributed by atoms with Crippen molar-refractivity contribution >= 4 is 11.8 Å². The highest BCUT2D eigenvalue weighted by Gasteiger charge is 2.23. The molecule has 0 bridgehead atoms. The summed E-state index contributed by atoms with van der Waals surface area (Å²) in [6, 6.07) is 2.54. The van der Waals surface area contributed by atoms with E-state index in [0.717, 1.165) is 6.42 Å². The van der Waals surface area contributed by atoms with Crippen LogP contribution in [0.5, 0.6) is 0 Å². The lowest BCUT2D eigenvalue weighted by Crippen LogP contribution is -2.48. The van der Waals surface area contributed by atoms with Crippen LogP contribution in [0.3, 0.4) is 0 Å². The molecule has 92 valence electrons. The van der Waals surface area contributed by atoms with Crippen molar-refractivity contribution in [3.8, 4) is 0 Å². The number of pyridine rings is 1. The highest BCUT2D eigenvalue weighted by atomic mass is 16.2. The van der Waals surface area contributed by atoms with E-state index >= 15 is 0 Å². The second-order valence-electron chi connectivity index (χ2n) is 3.97. The fourth-order valence-corrected chi connectivity index (χ4v) is 1.46. The zero-order valence-corrected chi connectivity index (χ0v) is 10.0. The van der Waals surface area contributed by atoms with Crippen molar-refractivity contribution in [1.29, 1.82) is 0 Å². The standard InChI is InChI=1S/C12H17N3O2/c1-3-8(2)10(11(13)16)15-12(17)9-4-6-14-7-5-9/h4-8,10H,3H2,1-2H3,(H2,13,16)(H,15,17)/t8?,10-/m0/s1. The van der Waals surface area contributed by atoms with Gasteiger partial charge in [-0.3, -0.25) is 14.6 Å². The Labute approximate surface area is 100 Å². The Hall–Kier alpha value is -1.91. The zero-order chi connectivity index (χ0) is 12.8. The number of nitrogens with zero attached hydrogens (tertiary/aromatic N) is 1. The fraction of sp³-hybridized carbons (Fsp3) is 0.417. The Morgan fingerprint density at radius 1 is 1.41 bits per heavy atom. The molecule has 1 aromatic rings. The molecule has 1 rings (SSSR count). The van der Waals surface area contributed by atoms with E-state index in [9.17, 15) is 9.59 Å². The van der Waals surface area contributed by atoms with Crippen LogP contribution in [0.25, 0.3) is 0 Å². The molecule has 5 nitrogen and oxygen atoms in total. The summed E-state index contributed by atoms with van der Waals surface area (Å²) in [5.74, 6) is -0.809. The third-order valence-electron chi connectivity index (χ3n) is 2.75. The van der Waals surface area contributed by atoms with E-state index in [1.54, 1.807) is 12.1 Å². The maximum atomic E-state index is 11.8. The average Bonchev–Trinajstić information content (AvgIpc) is 2.35. The lowest BCUT2D eigenvalue weighted by molar-refractivity contribution is -0.120. The number of amides is 2. The maximum absolute atomic E-state index is 11.8. The number of primary amides is 1. The molecule has 0 saturated carbocycles. The minimum atomic E-state index is -0.638. The molecule has 0 aliphatic rings. The predicted molar refractivity (Wildman–Crippen MR) is 64.1 cm³/mol. The van der Waals surface area contributed by atoms with Gasteiger partial charge in [0.15, 0.2) is 0 Å². The van der Waals surface area contributed by atoms with E-state index < -0.39 is 11.9 Å². The van der Waals surface area contributed by atoms with Crippen molar-refractivity contribution in [3.05, 3.63) is 30.1 Å². The predicted octanol–water partition coefficient (Wildman–Crippen LogP) is 0.711. The first-order chi connectivity index (χ1) is 8.06. The third-order valence-corrected chi connectivity index (χ3v) is 2.75. The van der Waals surface area contributed by atoms with Crippen LogP contribution in [-0.2, 0) is 4.79 Å². The largest absolute Gasteiger partial charge is 0.368 e. The van der Waals surface area contributed by atoms with Crippen molar-refractivity contribution in [2.75, 3.05) is 0 Å². The molecular weight excluding hydrogens is 218 g/mol. The maximum Gasteiger partial charge on any atom is 0.252 e. The number of carbonyl (C=O) groups excluding carboxylic acids is 2. The minimum Gasteiger partial charge on any atom is -0.368 e. The van der Waals surface area contributed by atoms with Gasteiger partial charge in [-0.1, -0.05) is 20.3 Å². The number of aromatic nitrogens is 1. The average molecular weight is 235 g/mol. The number of hydrogen-bond acceptors (Lipinski definition) is 3. The first-order valence-corrected chi connectivity index (χ1v) is 5.56. The van der Waals surface area contributed by atoms with Gasteiger partial charge in [-0.25, -0.2) is 0 Å². The van der Waals surface area contributed by atoms with E-state index in [1.165, 1.54) is 12.4 Å². The van der Waals surface area contributed by atoms with Crippen LogP contribution in [-0.4, -0.2) is 22.8 Å². The summed E-state index contributed by atoms with van der Waals surface area (Å²) in [5, 5.41) is 2.64. The molecule has 2 amide bonds. The summed E-state index contributed by atoms with van der Waals surface area (Å²) in [6.45, 7) is 3.82. The van der Waals surface area contributed by atoms with E-state index in [1.807, 2.05) is 13.8 Å². The molecule has 2 atom stereocenters. The van der Waals surface area contributed by atoms with Gasteiger partial charge in [0.1, 0.15) is 6.04 Å². The Morgan fingerprint density at radius 3 is 2.47 bits per heavy atom. The van der Waals surface area contributed by atoms with Crippen molar-refractivity contribution < 1.29 is 9.59 Å². The summed E-state index contributed by atoms with van der Waals surface area (Å²) in [4.78, 5) is 26.9. The molecule has 1 aromatic heterocycles. The van der Waals surface area contributed by atoms with Crippen molar-refractivity contribution in [1.82, 2.24) is 10.3 Å². The van der Waals surface area contributed by atoms with Gasteiger partial charge in [0, 0.05) is 18.0 Å². The molecule has 0 fully saturated rings. The van der Waals surface area contributed by atoms with Gasteiger partial charge >= 0.3 is 0 Å². The Morgan fingerprint density at radius 2 is 2.00 bits per heavy atom. The van der Waals surface area contributed by atoms with E-state index in [0.29, 0.717) is 5.56 Å². The van der Waals surface area contributed by atoms with Gasteiger partial charge in [-0.05, 0) is 18.1 Å². The number of rotatable bonds is 5. The summed E-state index contributed by atoms with van der Waals surface area (Å²) >= 11 is 0. The highest BCUT2D eigenvalue weighted by Crippen LogP contribution is 2.08. The molecular formula is C12H17N3O2. The van der Waals surface area contributed by atoms with E-state index in [-0.39, 0.29) is 11.8 Å². The fourth-order valence-electron chi connectivity index (χ4n) is 1.46. The van der Waals surface area contributed by atoms with Crippen LogP contribution in [0.15, 0.2) is 24.5 Å². The molecule has 17 heavy (non-hydrogen) atoms. The SMILES string of the molecule is CCC(C)[C@H](NC(=O)c1ccncc1)C(N)=O. The van der Waals surface area contributed by atoms with Crippen LogP contribution in [0.1, 0.15) is 30.6 Å². The van der Waals surface area contributed by atoms with E-state index in [4.69, 9.17) is 5.73 Å². The lowest BCUT2D eigenvalue weighted by atomic mass is 9.98. The summed E-state index contributed by atoms with van der Waals surface area (Å²) < 4.78 is 0. The van der Waals surface area contributed by atoms with Crippen LogP contribution < -0.4 is 11.1 Å². The Balaban J connectivity index is 2.75. The van der Waals surface area contributed by atoms with Gasteiger partial charge < -0.3 is 11.1 Å². The molecule has 0 aromatic carbocycles. The van der Waals surface area contributed by atoms with Crippen molar-refractivity contribution in [2.24, 2.45) is 11.7 Å². The number of nitrogens with one attached hydrogen (secondary N) is 1. The smallest absolute Gasteiger partial charge is 0.252 e.